The number of aromatic nitrogens is 1. The first-order valence-electron chi connectivity index (χ1n) is 5.97. The van der Waals surface area contributed by atoms with Gasteiger partial charge in [-0.1, -0.05) is 13.8 Å². The van der Waals surface area contributed by atoms with Crippen molar-refractivity contribution in [2.75, 3.05) is 17.6 Å². The van der Waals surface area contributed by atoms with Crippen LogP contribution in [0.15, 0.2) is 5.03 Å². The van der Waals surface area contributed by atoms with Gasteiger partial charge in [-0.05, 0) is 24.7 Å². The molecule has 18 heavy (non-hydrogen) atoms. The lowest BCUT2D eigenvalue weighted by Crippen LogP contribution is -2.08. The zero-order chi connectivity index (χ0) is 13.5. The summed E-state index contributed by atoms with van der Waals surface area (Å²) in [7, 11) is 0. The summed E-state index contributed by atoms with van der Waals surface area (Å²) in [4.78, 5) is 4.41. The molecule has 5 heteroatoms. The summed E-state index contributed by atoms with van der Waals surface area (Å²) in [5, 5.41) is 22.3. The van der Waals surface area contributed by atoms with Gasteiger partial charge in [-0.15, -0.1) is 11.8 Å². The number of rotatable bonds is 5. The molecule has 0 spiro atoms. The molecule has 0 aromatic carbocycles. The molecule has 94 valence electrons. The topological polar surface area (TPSA) is 72.5 Å². The molecular weight excluding hydrogens is 244 g/mol. The van der Waals surface area contributed by atoms with Crippen molar-refractivity contribution in [1.82, 2.24) is 4.98 Å². The Hall–Kier alpha value is -1.72. The summed E-state index contributed by atoms with van der Waals surface area (Å²) in [6.07, 6.45) is 0.657. The van der Waals surface area contributed by atoms with Crippen molar-refractivity contribution in [1.29, 1.82) is 10.5 Å². The second-order valence-electron chi connectivity index (χ2n) is 3.53. The van der Waals surface area contributed by atoms with E-state index in [2.05, 4.69) is 22.4 Å². The van der Waals surface area contributed by atoms with Crippen LogP contribution in [-0.2, 0) is 6.42 Å². The summed E-state index contributed by atoms with van der Waals surface area (Å²) < 4.78 is 0. The monoisotopic (exact) mass is 260 g/mol. The predicted molar refractivity (Wildman–Crippen MR) is 73.6 cm³/mol. The third kappa shape index (κ3) is 2.75. The molecule has 1 aromatic rings. The third-order valence-corrected chi connectivity index (χ3v) is 3.33. The molecule has 0 radical (unpaired) electrons. The second-order valence-corrected chi connectivity index (χ2v) is 4.79. The highest BCUT2D eigenvalue weighted by molar-refractivity contribution is 7.99. The van der Waals surface area contributed by atoms with Gasteiger partial charge in [0.1, 0.15) is 23.0 Å². The van der Waals surface area contributed by atoms with E-state index < -0.39 is 0 Å². The van der Waals surface area contributed by atoms with Gasteiger partial charge >= 0.3 is 0 Å². The van der Waals surface area contributed by atoms with Crippen LogP contribution in [-0.4, -0.2) is 17.3 Å². The molecule has 1 rings (SSSR count). The lowest BCUT2D eigenvalue weighted by Gasteiger charge is -2.13. The third-order valence-electron chi connectivity index (χ3n) is 2.47. The molecule has 1 heterocycles. The Balaban J connectivity index is 3.53. The largest absolute Gasteiger partial charge is 0.369 e. The van der Waals surface area contributed by atoms with Crippen molar-refractivity contribution < 1.29 is 0 Å². The van der Waals surface area contributed by atoms with Gasteiger partial charge < -0.3 is 5.32 Å². The fourth-order valence-electron chi connectivity index (χ4n) is 1.74. The fraction of sp³-hybridized carbons (Fsp3) is 0.462. The molecule has 0 aliphatic rings. The average Bonchev–Trinajstić information content (AvgIpc) is 2.38. The number of hydrogen-bond acceptors (Lipinski definition) is 5. The van der Waals surface area contributed by atoms with E-state index in [-0.39, 0.29) is 0 Å². The number of pyridine rings is 1. The second kappa shape index (κ2) is 6.88. The van der Waals surface area contributed by atoms with E-state index in [0.29, 0.717) is 34.9 Å². The normalized spacial score (nSPS) is 9.61. The van der Waals surface area contributed by atoms with Crippen LogP contribution in [0.2, 0.25) is 0 Å². The SMILES string of the molecule is CCNc1nc(SCC)c(C#N)c(CC)c1C#N. The summed E-state index contributed by atoms with van der Waals surface area (Å²) in [5.74, 6) is 1.44. The van der Waals surface area contributed by atoms with E-state index in [9.17, 15) is 10.5 Å². The molecule has 0 bridgehead atoms. The smallest absolute Gasteiger partial charge is 0.145 e. The lowest BCUT2D eigenvalue weighted by atomic mass is 10.0. The van der Waals surface area contributed by atoms with E-state index in [1.807, 2.05) is 20.8 Å². The first-order chi connectivity index (χ1) is 8.73. The van der Waals surface area contributed by atoms with Crippen LogP contribution in [0.3, 0.4) is 0 Å². The molecule has 0 amide bonds. The van der Waals surface area contributed by atoms with Crippen molar-refractivity contribution in [3.63, 3.8) is 0 Å². The van der Waals surface area contributed by atoms with Crippen molar-refractivity contribution in [2.45, 2.75) is 32.2 Å². The fourth-order valence-corrected chi connectivity index (χ4v) is 2.48. The Labute approximate surface area is 112 Å². The summed E-state index contributed by atoms with van der Waals surface area (Å²) in [6.45, 7) is 6.63. The Morgan fingerprint density at radius 1 is 1.17 bits per heavy atom. The quantitative estimate of drug-likeness (QED) is 0.824. The average molecular weight is 260 g/mol. The van der Waals surface area contributed by atoms with Crippen LogP contribution in [0.4, 0.5) is 5.82 Å². The zero-order valence-corrected chi connectivity index (χ0v) is 11.7. The van der Waals surface area contributed by atoms with Crippen molar-refractivity contribution in [2.24, 2.45) is 0 Å². The Morgan fingerprint density at radius 3 is 2.28 bits per heavy atom. The molecule has 0 fully saturated rings. The van der Waals surface area contributed by atoms with Gasteiger partial charge in [-0.25, -0.2) is 4.98 Å². The van der Waals surface area contributed by atoms with Crippen LogP contribution in [0.1, 0.15) is 37.5 Å². The molecule has 0 saturated heterocycles. The lowest BCUT2D eigenvalue weighted by molar-refractivity contribution is 1.00. The number of thioether (sulfide) groups is 1. The van der Waals surface area contributed by atoms with Crippen LogP contribution in [0, 0.1) is 22.7 Å². The maximum Gasteiger partial charge on any atom is 0.145 e. The summed E-state index contributed by atoms with van der Waals surface area (Å²) in [5.41, 5.74) is 1.83. The van der Waals surface area contributed by atoms with Gasteiger partial charge in [-0.3, -0.25) is 0 Å². The van der Waals surface area contributed by atoms with Crippen molar-refractivity contribution in [3.8, 4) is 12.1 Å². The van der Waals surface area contributed by atoms with Gasteiger partial charge in [0.25, 0.3) is 0 Å². The maximum absolute atomic E-state index is 9.26. The van der Waals surface area contributed by atoms with Crippen molar-refractivity contribution >= 4 is 17.6 Å². The van der Waals surface area contributed by atoms with Gasteiger partial charge in [-0.2, -0.15) is 10.5 Å². The molecule has 1 N–H and O–H groups in total. The first-order valence-corrected chi connectivity index (χ1v) is 6.95. The number of nitrogens with one attached hydrogen (secondary N) is 1. The molecular formula is C13H16N4S. The van der Waals surface area contributed by atoms with E-state index in [1.165, 1.54) is 11.8 Å². The van der Waals surface area contributed by atoms with E-state index >= 15 is 0 Å². The standard InChI is InChI=1S/C13H16N4S/c1-4-9-10(7-14)12(16-5-2)17-13(18-6-3)11(9)8-15/h4-6H2,1-3H3,(H,16,17). The minimum Gasteiger partial charge on any atom is -0.369 e. The van der Waals surface area contributed by atoms with E-state index in [0.717, 1.165) is 11.3 Å². The number of hydrogen-bond donors (Lipinski definition) is 1. The van der Waals surface area contributed by atoms with Crippen LogP contribution in [0.5, 0.6) is 0 Å². The Bertz CT molecular complexity index is 469. The number of nitrogens with zero attached hydrogens (tertiary/aromatic N) is 3. The number of nitriles is 2. The van der Waals surface area contributed by atoms with Gasteiger partial charge in [0, 0.05) is 6.54 Å². The minimum atomic E-state index is 0.497. The molecule has 0 aliphatic carbocycles. The molecule has 0 unspecified atom stereocenters. The molecule has 0 aliphatic heterocycles. The number of anilines is 1. The van der Waals surface area contributed by atoms with Gasteiger partial charge in [0.15, 0.2) is 0 Å². The van der Waals surface area contributed by atoms with Crippen molar-refractivity contribution in [3.05, 3.63) is 16.7 Å². The molecule has 0 saturated carbocycles. The van der Waals surface area contributed by atoms with Crippen LogP contribution >= 0.6 is 11.8 Å². The Morgan fingerprint density at radius 2 is 1.83 bits per heavy atom. The maximum atomic E-state index is 9.26. The molecule has 4 nitrogen and oxygen atoms in total. The van der Waals surface area contributed by atoms with Crippen LogP contribution in [0.25, 0.3) is 0 Å². The van der Waals surface area contributed by atoms with Gasteiger partial charge in [0.05, 0.1) is 11.1 Å². The minimum absolute atomic E-state index is 0.497. The summed E-state index contributed by atoms with van der Waals surface area (Å²) >= 11 is 1.53. The highest BCUT2D eigenvalue weighted by atomic mass is 32.2. The predicted octanol–water partition coefficient (Wildman–Crippen LogP) is 2.93. The highest BCUT2D eigenvalue weighted by Crippen LogP contribution is 2.29. The van der Waals surface area contributed by atoms with Crippen LogP contribution < -0.4 is 5.32 Å². The highest BCUT2D eigenvalue weighted by Gasteiger charge is 2.18. The van der Waals surface area contributed by atoms with Gasteiger partial charge in [0.2, 0.25) is 0 Å². The summed E-state index contributed by atoms with van der Waals surface area (Å²) in [6, 6.07) is 4.34. The molecule has 1 aromatic heterocycles. The zero-order valence-electron chi connectivity index (χ0n) is 10.9. The van der Waals surface area contributed by atoms with E-state index in [1.54, 1.807) is 0 Å². The first kappa shape index (κ1) is 14.3. The Kier molecular flexibility index (Phi) is 5.48. The van der Waals surface area contributed by atoms with E-state index in [4.69, 9.17) is 0 Å². The molecule has 0 atom stereocenters.